The van der Waals surface area contributed by atoms with Gasteiger partial charge in [-0.25, -0.2) is 15.8 Å². The van der Waals surface area contributed by atoms with Crippen LogP contribution in [0.5, 0.6) is 5.88 Å². The maximum absolute atomic E-state index is 5.51. The fourth-order valence-corrected chi connectivity index (χ4v) is 2.63. The van der Waals surface area contributed by atoms with Gasteiger partial charge >= 0.3 is 0 Å². The first kappa shape index (κ1) is 13.7. The van der Waals surface area contributed by atoms with Crippen LogP contribution in [0.2, 0.25) is 0 Å². The summed E-state index contributed by atoms with van der Waals surface area (Å²) in [6, 6.07) is 5.44. The SMILES string of the molecule is COc1ccc(-c2nc(NN)cc(C3CCCC3)n2)nn1. The van der Waals surface area contributed by atoms with Gasteiger partial charge in [-0.05, 0) is 18.9 Å². The van der Waals surface area contributed by atoms with E-state index in [9.17, 15) is 0 Å². The minimum absolute atomic E-state index is 0.461. The number of hydrogen-bond acceptors (Lipinski definition) is 7. The van der Waals surface area contributed by atoms with Gasteiger partial charge in [0.25, 0.3) is 0 Å². The van der Waals surface area contributed by atoms with Crippen molar-refractivity contribution in [1.82, 2.24) is 20.2 Å². The zero-order valence-electron chi connectivity index (χ0n) is 11.9. The van der Waals surface area contributed by atoms with E-state index < -0.39 is 0 Å². The van der Waals surface area contributed by atoms with Crippen LogP contribution >= 0.6 is 0 Å². The summed E-state index contributed by atoms with van der Waals surface area (Å²) < 4.78 is 5.01. The molecule has 110 valence electrons. The summed E-state index contributed by atoms with van der Waals surface area (Å²) in [6.07, 6.45) is 4.82. The third kappa shape index (κ3) is 2.92. The number of methoxy groups -OCH3 is 1. The van der Waals surface area contributed by atoms with Crippen molar-refractivity contribution >= 4 is 5.82 Å². The molecule has 0 saturated heterocycles. The first-order valence-electron chi connectivity index (χ1n) is 7.04. The van der Waals surface area contributed by atoms with E-state index in [0.29, 0.717) is 29.1 Å². The lowest BCUT2D eigenvalue weighted by atomic mass is 10.0. The first-order valence-corrected chi connectivity index (χ1v) is 7.04. The Labute approximate surface area is 122 Å². The highest BCUT2D eigenvalue weighted by Gasteiger charge is 2.20. The molecule has 1 fully saturated rings. The number of nitrogens with two attached hydrogens (primary N) is 1. The van der Waals surface area contributed by atoms with Gasteiger partial charge in [0.2, 0.25) is 5.88 Å². The smallest absolute Gasteiger partial charge is 0.233 e. The molecule has 2 heterocycles. The van der Waals surface area contributed by atoms with E-state index in [1.165, 1.54) is 12.8 Å². The van der Waals surface area contributed by atoms with Gasteiger partial charge in [-0.2, -0.15) is 0 Å². The first-order chi connectivity index (χ1) is 10.3. The van der Waals surface area contributed by atoms with Crippen molar-refractivity contribution in [3.8, 4) is 17.4 Å². The topological polar surface area (TPSA) is 98.8 Å². The highest BCUT2D eigenvalue weighted by Crippen LogP contribution is 2.34. The number of nitrogens with one attached hydrogen (secondary N) is 1. The molecule has 0 radical (unpaired) electrons. The lowest BCUT2D eigenvalue weighted by Crippen LogP contribution is -2.11. The molecule has 3 N–H and O–H groups in total. The normalized spacial score (nSPS) is 15.1. The van der Waals surface area contributed by atoms with Crippen LogP contribution in [0.15, 0.2) is 18.2 Å². The average molecular weight is 286 g/mol. The van der Waals surface area contributed by atoms with Crippen molar-refractivity contribution in [3.05, 3.63) is 23.9 Å². The van der Waals surface area contributed by atoms with Gasteiger partial charge in [0.1, 0.15) is 11.5 Å². The molecule has 0 aliphatic heterocycles. The molecular formula is C14H18N6O. The molecule has 1 saturated carbocycles. The molecule has 2 aromatic rings. The average Bonchev–Trinajstić information content (AvgIpc) is 3.09. The third-order valence-electron chi connectivity index (χ3n) is 3.75. The molecule has 1 aliphatic carbocycles. The Kier molecular flexibility index (Phi) is 3.92. The maximum Gasteiger partial charge on any atom is 0.233 e. The van der Waals surface area contributed by atoms with Gasteiger partial charge in [-0.1, -0.05) is 12.8 Å². The second-order valence-electron chi connectivity index (χ2n) is 5.09. The second-order valence-corrected chi connectivity index (χ2v) is 5.09. The van der Waals surface area contributed by atoms with Crippen molar-refractivity contribution in [3.63, 3.8) is 0 Å². The van der Waals surface area contributed by atoms with Crippen LogP contribution in [-0.4, -0.2) is 27.3 Å². The van der Waals surface area contributed by atoms with Crippen LogP contribution < -0.4 is 16.0 Å². The summed E-state index contributed by atoms with van der Waals surface area (Å²) in [5, 5.41) is 8.05. The Morgan fingerprint density at radius 1 is 1.19 bits per heavy atom. The fraction of sp³-hybridized carbons (Fsp3) is 0.429. The van der Waals surface area contributed by atoms with Crippen LogP contribution in [0.3, 0.4) is 0 Å². The molecule has 0 spiro atoms. The van der Waals surface area contributed by atoms with Crippen molar-refractivity contribution in [2.75, 3.05) is 12.5 Å². The highest BCUT2D eigenvalue weighted by molar-refractivity contribution is 5.53. The lowest BCUT2D eigenvalue weighted by Gasteiger charge is -2.11. The van der Waals surface area contributed by atoms with Crippen molar-refractivity contribution in [1.29, 1.82) is 0 Å². The predicted octanol–water partition coefficient (Wildman–Crippen LogP) is 1.89. The number of hydrogen-bond donors (Lipinski definition) is 2. The molecule has 1 aliphatic rings. The largest absolute Gasteiger partial charge is 0.480 e. The molecule has 0 atom stereocenters. The molecular weight excluding hydrogens is 268 g/mol. The zero-order valence-corrected chi connectivity index (χ0v) is 11.9. The van der Waals surface area contributed by atoms with E-state index in [0.717, 1.165) is 18.5 Å². The van der Waals surface area contributed by atoms with Crippen LogP contribution in [0.4, 0.5) is 5.82 Å². The standard InChI is InChI=1S/C14H18N6O/c1-21-13-7-6-10(19-20-13)14-16-11(8-12(17-14)18-15)9-4-2-3-5-9/h6-9H,2-5,15H2,1H3,(H,16,17,18). The number of nitrogen functional groups attached to an aromatic ring is 1. The van der Waals surface area contributed by atoms with Gasteiger partial charge < -0.3 is 10.2 Å². The van der Waals surface area contributed by atoms with Gasteiger partial charge in [0.15, 0.2) is 5.82 Å². The van der Waals surface area contributed by atoms with Gasteiger partial charge in [0, 0.05) is 23.7 Å². The summed E-state index contributed by atoms with van der Waals surface area (Å²) in [4.78, 5) is 9.00. The molecule has 0 aromatic carbocycles. The quantitative estimate of drug-likeness (QED) is 0.654. The Balaban J connectivity index is 1.97. The van der Waals surface area contributed by atoms with Gasteiger partial charge in [-0.15, -0.1) is 10.2 Å². The maximum atomic E-state index is 5.51. The van der Waals surface area contributed by atoms with E-state index in [1.807, 2.05) is 6.07 Å². The van der Waals surface area contributed by atoms with Crippen LogP contribution in [0.25, 0.3) is 11.5 Å². The summed E-state index contributed by atoms with van der Waals surface area (Å²) >= 11 is 0. The second kappa shape index (κ2) is 6.01. The fourth-order valence-electron chi connectivity index (χ4n) is 2.63. The van der Waals surface area contributed by atoms with Crippen LogP contribution in [0.1, 0.15) is 37.3 Å². The van der Waals surface area contributed by atoms with Crippen molar-refractivity contribution in [2.45, 2.75) is 31.6 Å². The molecule has 0 unspecified atom stereocenters. The number of anilines is 1. The van der Waals surface area contributed by atoms with E-state index in [2.05, 4.69) is 25.6 Å². The van der Waals surface area contributed by atoms with E-state index in [4.69, 9.17) is 10.6 Å². The summed E-state index contributed by atoms with van der Waals surface area (Å²) in [5.41, 5.74) is 4.22. The molecule has 0 amide bonds. The minimum atomic E-state index is 0.461. The van der Waals surface area contributed by atoms with E-state index in [-0.39, 0.29) is 0 Å². The number of rotatable bonds is 4. The molecule has 7 heteroatoms. The minimum Gasteiger partial charge on any atom is -0.480 e. The molecule has 2 aromatic heterocycles. The number of ether oxygens (including phenoxy) is 1. The Hall–Kier alpha value is -2.28. The third-order valence-corrected chi connectivity index (χ3v) is 3.75. The molecule has 21 heavy (non-hydrogen) atoms. The molecule has 3 rings (SSSR count). The zero-order chi connectivity index (χ0) is 14.7. The summed E-state index contributed by atoms with van der Waals surface area (Å²) in [5.74, 6) is 7.58. The lowest BCUT2D eigenvalue weighted by molar-refractivity contribution is 0.392. The van der Waals surface area contributed by atoms with Crippen molar-refractivity contribution < 1.29 is 4.74 Å². The van der Waals surface area contributed by atoms with Crippen LogP contribution in [-0.2, 0) is 0 Å². The monoisotopic (exact) mass is 286 g/mol. The van der Waals surface area contributed by atoms with Crippen molar-refractivity contribution in [2.24, 2.45) is 5.84 Å². The molecule has 7 nitrogen and oxygen atoms in total. The van der Waals surface area contributed by atoms with E-state index >= 15 is 0 Å². The summed E-state index contributed by atoms with van der Waals surface area (Å²) in [6.45, 7) is 0. The number of hydrazine groups is 1. The summed E-state index contributed by atoms with van der Waals surface area (Å²) in [7, 11) is 1.55. The van der Waals surface area contributed by atoms with Crippen LogP contribution in [0, 0.1) is 0 Å². The van der Waals surface area contributed by atoms with Gasteiger partial charge in [-0.3, -0.25) is 0 Å². The Morgan fingerprint density at radius 2 is 2.00 bits per heavy atom. The van der Waals surface area contributed by atoms with E-state index in [1.54, 1.807) is 19.2 Å². The number of nitrogens with zero attached hydrogens (tertiary/aromatic N) is 4. The number of aromatic nitrogens is 4. The van der Waals surface area contributed by atoms with Gasteiger partial charge in [0.05, 0.1) is 7.11 Å². The Morgan fingerprint density at radius 3 is 2.62 bits per heavy atom. The highest BCUT2D eigenvalue weighted by atomic mass is 16.5. The Bertz CT molecular complexity index is 609. The predicted molar refractivity (Wildman–Crippen MR) is 78.6 cm³/mol. The molecule has 0 bridgehead atoms.